The van der Waals surface area contributed by atoms with Gasteiger partial charge in [-0.1, -0.05) is 44.2 Å². The molecule has 1 aromatic rings. The number of hydrogen-bond donors (Lipinski definition) is 2. The van der Waals surface area contributed by atoms with Gasteiger partial charge in [-0.15, -0.1) is 0 Å². The molecule has 0 bridgehead atoms. The standard InChI is InChI=1S/C15H18N2O3/c1-3-15(12(18)16-14(20)17-13(15)19)9-10(2)11-7-5-4-6-8-11/h4-8,10H,3,9H2,1-2H3,(H2,16,17,18,19,20)/t10-/m1/s1. The Labute approximate surface area is 117 Å². The second-order valence-electron chi connectivity index (χ2n) is 5.19. The molecular formula is C15H18N2O3. The molecule has 0 unspecified atom stereocenters. The van der Waals surface area contributed by atoms with Crippen molar-refractivity contribution < 1.29 is 14.4 Å². The highest BCUT2D eigenvalue weighted by atomic mass is 16.2. The van der Waals surface area contributed by atoms with Crippen LogP contribution in [0.15, 0.2) is 30.3 Å². The molecule has 5 nitrogen and oxygen atoms in total. The van der Waals surface area contributed by atoms with Crippen LogP contribution in [0.2, 0.25) is 0 Å². The van der Waals surface area contributed by atoms with Gasteiger partial charge >= 0.3 is 6.03 Å². The van der Waals surface area contributed by atoms with Crippen LogP contribution in [0.25, 0.3) is 0 Å². The van der Waals surface area contributed by atoms with E-state index < -0.39 is 23.3 Å². The van der Waals surface area contributed by atoms with Crippen LogP contribution < -0.4 is 10.6 Å². The van der Waals surface area contributed by atoms with E-state index in [0.29, 0.717) is 12.8 Å². The maximum atomic E-state index is 12.1. The molecule has 106 valence electrons. The summed E-state index contributed by atoms with van der Waals surface area (Å²) in [5.74, 6) is -0.964. The monoisotopic (exact) mass is 274 g/mol. The Hall–Kier alpha value is -2.17. The summed E-state index contributed by atoms with van der Waals surface area (Å²) < 4.78 is 0. The zero-order chi connectivity index (χ0) is 14.8. The molecule has 1 aliphatic heterocycles. The molecule has 1 atom stereocenters. The van der Waals surface area contributed by atoms with Crippen molar-refractivity contribution in [2.75, 3.05) is 0 Å². The fourth-order valence-corrected chi connectivity index (χ4v) is 2.65. The van der Waals surface area contributed by atoms with Gasteiger partial charge in [0.2, 0.25) is 11.8 Å². The number of carbonyl (C=O) groups excluding carboxylic acids is 3. The number of barbiturate groups is 1. The first-order chi connectivity index (χ1) is 9.49. The predicted molar refractivity (Wildman–Crippen MR) is 73.9 cm³/mol. The molecule has 20 heavy (non-hydrogen) atoms. The minimum absolute atomic E-state index is 0.0425. The molecule has 0 aromatic heterocycles. The zero-order valence-corrected chi connectivity index (χ0v) is 11.6. The van der Waals surface area contributed by atoms with E-state index in [4.69, 9.17) is 0 Å². The summed E-state index contributed by atoms with van der Waals surface area (Å²) in [4.78, 5) is 35.5. The molecule has 1 aromatic carbocycles. The molecule has 0 radical (unpaired) electrons. The summed E-state index contributed by atoms with van der Waals surface area (Å²) in [7, 11) is 0. The minimum Gasteiger partial charge on any atom is -0.277 e. The summed E-state index contributed by atoms with van der Waals surface area (Å²) in [6.45, 7) is 3.76. The van der Waals surface area contributed by atoms with Gasteiger partial charge in [-0.3, -0.25) is 20.2 Å². The highest BCUT2D eigenvalue weighted by molar-refractivity contribution is 6.19. The van der Waals surface area contributed by atoms with Gasteiger partial charge in [-0.25, -0.2) is 4.79 Å². The number of rotatable bonds is 4. The van der Waals surface area contributed by atoms with Crippen molar-refractivity contribution in [3.63, 3.8) is 0 Å². The molecule has 1 heterocycles. The van der Waals surface area contributed by atoms with Crippen LogP contribution in [0, 0.1) is 5.41 Å². The smallest absolute Gasteiger partial charge is 0.277 e. The van der Waals surface area contributed by atoms with Crippen molar-refractivity contribution in [1.29, 1.82) is 0 Å². The Kier molecular flexibility index (Phi) is 3.88. The molecule has 0 spiro atoms. The van der Waals surface area contributed by atoms with Crippen LogP contribution in [0.4, 0.5) is 4.79 Å². The first-order valence-electron chi connectivity index (χ1n) is 6.71. The van der Waals surface area contributed by atoms with Gasteiger partial charge in [-0.05, 0) is 24.3 Å². The number of urea groups is 1. The first kappa shape index (κ1) is 14.2. The SMILES string of the molecule is CCC1(C[C@@H](C)c2ccccc2)C(=O)NC(=O)NC1=O. The Morgan fingerprint density at radius 1 is 1.05 bits per heavy atom. The van der Waals surface area contributed by atoms with Crippen molar-refractivity contribution in [1.82, 2.24) is 10.6 Å². The van der Waals surface area contributed by atoms with Gasteiger partial charge < -0.3 is 0 Å². The summed E-state index contributed by atoms with van der Waals surface area (Å²) >= 11 is 0. The summed E-state index contributed by atoms with van der Waals surface area (Å²) in [6.07, 6.45) is 0.730. The highest BCUT2D eigenvalue weighted by Gasteiger charge is 2.49. The topological polar surface area (TPSA) is 75.3 Å². The fourth-order valence-electron chi connectivity index (χ4n) is 2.65. The Morgan fingerprint density at radius 2 is 1.60 bits per heavy atom. The normalized spacial score (nSPS) is 19.2. The van der Waals surface area contributed by atoms with Crippen molar-refractivity contribution in [3.8, 4) is 0 Å². The van der Waals surface area contributed by atoms with Crippen LogP contribution in [0.3, 0.4) is 0 Å². The van der Waals surface area contributed by atoms with Crippen LogP contribution in [-0.4, -0.2) is 17.8 Å². The van der Waals surface area contributed by atoms with Gasteiger partial charge in [-0.2, -0.15) is 0 Å². The lowest BCUT2D eigenvalue weighted by molar-refractivity contribution is -0.145. The third-order valence-electron chi connectivity index (χ3n) is 3.95. The van der Waals surface area contributed by atoms with E-state index in [-0.39, 0.29) is 5.92 Å². The van der Waals surface area contributed by atoms with E-state index in [9.17, 15) is 14.4 Å². The Bertz CT molecular complexity index is 519. The van der Waals surface area contributed by atoms with E-state index in [0.717, 1.165) is 5.56 Å². The van der Waals surface area contributed by atoms with Gasteiger partial charge in [0.1, 0.15) is 5.41 Å². The minimum atomic E-state index is -1.18. The summed E-state index contributed by atoms with van der Waals surface area (Å²) in [6, 6.07) is 8.97. The molecule has 0 saturated carbocycles. The number of imide groups is 2. The number of carbonyl (C=O) groups is 3. The van der Waals surface area contributed by atoms with Gasteiger partial charge in [0.15, 0.2) is 0 Å². The number of amides is 4. The molecule has 0 aliphatic carbocycles. The van der Waals surface area contributed by atoms with Gasteiger partial charge in [0.05, 0.1) is 0 Å². The Morgan fingerprint density at radius 3 is 2.10 bits per heavy atom. The van der Waals surface area contributed by atoms with Crippen molar-refractivity contribution in [3.05, 3.63) is 35.9 Å². The van der Waals surface area contributed by atoms with E-state index in [1.807, 2.05) is 37.3 Å². The fraction of sp³-hybridized carbons (Fsp3) is 0.400. The molecule has 2 rings (SSSR count). The lowest BCUT2D eigenvalue weighted by Gasteiger charge is -2.35. The maximum absolute atomic E-state index is 12.1. The molecule has 2 N–H and O–H groups in total. The average molecular weight is 274 g/mol. The third kappa shape index (κ3) is 2.43. The van der Waals surface area contributed by atoms with E-state index >= 15 is 0 Å². The molecule has 4 amide bonds. The first-order valence-corrected chi connectivity index (χ1v) is 6.71. The van der Waals surface area contributed by atoms with Crippen LogP contribution in [-0.2, 0) is 9.59 Å². The van der Waals surface area contributed by atoms with E-state index in [2.05, 4.69) is 10.6 Å². The Balaban J connectivity index is 2.25. The lowest BCUT2D eigenvalue weighted by atomic mass is 9.73. The second-order valence-corrected chi connectivity index (χ2v) is 5.19. The quantitative estimate of drug-likeness (QED) is 0.824. The van der Waals surface area contributed by atoms with E-state index in [1.165, 1.54) is 0 Å². The number of hydrogen-bond acceptors (Lipinski definition) is 3. The van der Waals surface area contributed by atoms with Crippen molar-refractivity contribution >= 4 is 17.8 Å². The number of benzene rings is 1. The molecule has 1 saturated heterocycles. The van der Waals surface area contributed by atoms with Gasteiger partial charge in [0, 0.05) is 0 Å². The van der Waals surface area contributed by atoms with E-state index in [1.54, 1.807) is 6.92 Å². The average Bonchev–Trinajstić information content (AvgIpc) is 2.43. The molecular weight excluding hydrogens is 256 g/mol. The van der Waals surface area contributed by atoms with Crippen molar-refractivity contribution in [2.45, 2.75) is 32.6 Å². The van der Waals surface area contributed by atoms with Crippen LogP contribution in [0.5, 0.6) is 0 Å². The highest BCUT2D eigenvalue weighted by Crippen LogP contribution is 2.36. The van der Waals surface area contributed by atoms with Crippen LogP contribution in [0.1, 0.15) is 38.2 Å². The molecule has 5 heteroatoms. The zero-order valence-electron chi connectivity index (χ0n) is 11.6. The molecule has 1 fully saturated rings. The summed E-state index contributed by atoms with van der Waals surface area (Å²) in [5, 5.41) is 4.40. The second kappa shape index (κ2) is 5.45. The maximum Gasteiger partial charge on any atom is 0.328 e. The van der Waals surface area contributed by atoms with Crippen LogP contribution >= 0.6 is 0 Å². The largest absolute Gasteiger partial charge is 0.328 e. The predicted octanol–water partition coefficient (Wildman–Crippen LogP) is 1.94. The third-order valence-corrected chi connectivity index (χ3v) is 3.95. The molecule has 1 aliphatic rings. The number of nitrogens with one attached hydrogen (secondary N) is 2. The summed E-state index contributed by atoms with van der Waals surface area (Å²) in [5.41, 5.74) is -0.110. The van der Waals surface area contributed by atoms with Gasteiger partial charge in [0.25, 0.3) is 0 Å². The van der Waals surface area contributed by atoms with Crippen molar-refractivity contribution in [2.24, 2.45) is 5.41 Å². The lowest BCUT2D eigenvalue weighted by Crippen LogP contribution is -2.62.